The van der Waals surface area contributed by atoms with Crippen LogP contribution in [0, 0.1) is 0 Å². The Kier molecular flexibility index (Phi) is 5.71. The minimum absolute atomic E-state index is 0.00262. The van der Waals surface area contributed by atoms with Crippen LogP contribution in [0.25, 0.3) is 0 Å². The first-order valence-corrected chi connectivity index (χ1v) is 9.71. The number of rotatable bonds is 5. The van der Waals surface area contributed by atoms with E-state index in [0.29, 0.717) is 5.56 Å². The molecular formula is C21H22O11. The number of phenols is 2. The second-order valence-corrected chi connectivity index (χ2v) is 7.69. The fraction of sp³-hybridized carbons (Fsp3) is 0.381. The van der Waals surface area contributed by atoms with Crippen molar-refractivity contribution in [3.8, 4) is 23.0 Å². The maximum absolute atomic E-state index is 13.1. The Balaban J connectivity index is 1.63. The molecule has 0 aromatic heterocycles. The highest BCUT2D eigenvalue weighted by molar-refractivity contribution is 6.09. The van der Waals surface area contributed by atoms with Crippen molar-refractivity contribution in [3.63, 3.8) is 0 Å². The number of carbonyl (C=O) groups is 1. The Labute approximate surface area is 181 Å². The van der Waals surface area contributed by atoms with Crippen LogP contribution in [0.2, 0.25) is 0 Å². The lowest BCUT2D eigenvalue weighted by Gasteiger charge is -2.39. The van der Waals surface area contributed by atoms with Gasteiger partial charge >= 0.3 is 0 Å². The first-order chi connectivity index (χ1) is 15.1. The van der Waals surface area contributed by atoms with Gasteiger partial charge in [0.2, 0.25) is 12.1 Å². The van der Waals surface area contributed by atoms with E-state index in [0.717, 1.165) is 12.1 Å². The summed E-state index contributed by atoms with van der Waals surface area (Å²) in [6.07, 6.45) is -8.21. The summed E-state index contributed by atoms with van der Waals surface area (Å²) in [4.78, 5) is 13.1. The Morgan fingerprint density at radius 1 is 0.969 bits per heavy atom. The summed E-state index contributed by atoms with van der Waals surface area (Å²) >= 11 is 0. The monoisotopic (exact) mass is 450 g/mol. The molecule has 2 aromatic carbocycles. The summed E-state index contributed by atoms with van der Waals surface area (Å²) in [6, 6.07) is 7.89. The normalized spacial score (nSPS) is 31.8. The summed E-state index contributed by atoms with van der Waals surface area (Å²) in [6.45, 7) is -0.683. The minimum atomic E-state index is -2.33. The maximum atomic E-state index is 13.1. The average molecular weight is 450 g/mol. The van der Waals surface area contributed by atoms with Gasteiger partial charge in [-0.15, -0.1) is 0 Å². The molecule has 4 rings (SSSR count). The number of aromatic hydroxyl groups is 2. The van der Waals surface area contributed by atoms with Crippen molar-refractivity contribution in [2.24, 2.45) is 0 Å². The Morgan fingerprint density at radius 2 is 1.66 bits per heavy atom. The molecule has 0 spiro atoms. The minimum Gasteiger partial charge on any atom is -0.508 e. The van der Waals surface area contributed by atoms with Gasteiger partial charge in [0.25, 0.3) is 5.79 Å². The Morgan fingerprint density at radius 3 is 2.31 bits per heavy atom. The molecule has 2 aromatic rings. The van der Waals surface area contributed by atoms with Crippen molar-refractivity contribution in [1.29, 1.82) is 0 Å². The van der Waals surface area contributed by atoms with Crippen LogP contribution < -0.4 is 9.47 Å². The molecule has 7 N–H and O–H groups in total. The summed E-state index contributed by atoms with van der Waals surface area (Å²) < 4.78 is 16.2. The van der Waals surface area contributed by atoms with Gasteiger partial charge in [-0.3, -0.25) is 4.79 Å². The number of aliphatic hydroxyl groups is 5. The molecule has 32 heavy (non-hydrogen) atoms. The van der Waals surface area contributed by atoms with Crippen LogP contribution in [0.4, 0.5) is 0 Å². The van der Waals surface area contributed by atoms with Gasteiger partial charge in [0, 0.05) is 18.6 Å². The number of fused-ring (bicyclic) bond motifs is 1. The molecule has 2 heterocycles. The third-order valence-corrected chi connectivity index (χ3v) is 5.38. The lowest BCUT2D eigenvalue weighted by molar-refractivity contribution is -0.277. The number of Topliss-reactive ketones (excluding diaryl/α,β-unsaturated/α-hetero) is 1. The van der Waals surface area contributed by atoms with E-state index in [2.05, 4.69) is 0 Å². The van der Waals surface area contributed by atoms with Gasteiger partial charge in [0.05, 0.1) is 6.61 Å². The molecule has 11 nitrogen and oxygen atoms in total. The smallest absolute Gasteiger partial charge is 0.277 e. The predicted molar refractivity (Wildman–Crippen MR) is 104 cm³/mol. The lowest BCUT2D eigenvalue weighted by Crippen LogP contribution is -2.60. The van der Waals surface area contributed by atoms with Gasteiger partial charge < -0.3 is 50.0 Å². The van der Waals surface area contributed by atoms with Crippen molar-refractivity contribution >= 4 is 5.78 Å². The third-order valence-electron chi connectivity index (χ3n) is 5.38. The van der Waals surface area contributed by atoms with E-state index in [1.165, 1.54) is 24.3 Å². The van der Waals surface area contributed by atoms with Crippen LogP contribution in [0.3, 0.4) is 0 Å². The van der Waals surface area contributed by atoms with Crippen molar-refractivity contribution in [3.05, 3.63) is 47.5 Å². The SMILES string of the molecule is O=C1c2c(O[C@H]3O[C@@H](CO)[C@H](O)[C@@H](O)[C@@H]3O)cc(O)cc2OC1(O)Cc1ccc(O)cc1. The highest BCUT2D eigenvalue weighted by Crippen LogP contribution is 2.44. The van der Waals surface area contributed by atoms with Gasteiger partial charge in [-0.1, -0.05) is 12.1 Å². The molecule has 0 radical (unpaired) electrons. The van der Waals surface area contributed by atoms with Crippen LogP contribution in [0.5, 0.6) is 23.0 Å². The van der Waals surface area contributed by atoms with E-state index >= 15 is 0 Å². The zero-order chi connectivity index (χ0) is 23.2. The lowest BCUT2D eigenvalue weighted by atomic mass is 9.97. The van der Waals surface area contributed by atoms with Gasteiger partial charge in [-0.25, -0.2) is 0 Å². The maximum Gasteiger partial charge on any atom is 0.277 e. The number of hydrogen-bond acceptors (Lipinski definition) is 11. The summed E-state index contributed by atoms with van der Waals surface area (Å²) in [5, 5.41) is 69.7. The molecule has 11 heteroatoms. The second-order valence-electron chi connectivity index (χ2n) is 7.69. The van der Waals surface area contributed by atoms with E-state index in [1.807, 2.05) is 0 Å². The first-order valence-electron chi connectivity index (χ1n) is 9.71. The van der Waals surface area contributed by atoms with E-state index in [-0.39, 0.29) is 35.0 Å². The topological polar surface area (TPSA) is 186 Å². The molecule has 1 saturated heterocycles. The zero-order valence-electron chi connectivity index (χ0n) is 16.5. The molecule has 0 bridgehead atoms. The van der Waals surface area contributed by atoms with Crippen molar-refractivity contribution in [1.82, 2.24) is 0 Å². The molecule has 0 amide bonds. The molecule has 6 atom stereocenters. The third kappa shape index (κ3) is 3.86. The molecule has 0 aliphatic carbocycles. The summed E-state index contributed by atoms with van der Waals surface area (Å²) in [5.41, 5.74) is 0.244. The second kappa shape index (κ2) is 8.20. The van der Waals surface area contributed by atoms with Crippen LogP contribution in [-0.4, -0.2) is 84.6 Å². The molecule has 1 fully saturated rings. The van der Waals surface area contributed by atoms with Gasteiger partial charge in [0.15, 0.2) is 0 Å². The quantitative estimate of drug-likeness (QED) is 0.289. The molecule has 2 aliphatic rings. The van der Waals surface area contributed by atoms with Gasteiger partial charge in [0.1, 0.15) is 53.0 Å². The number of ketones is 1. The Hall–Kier alpha value is -2.93. The standard InChI is InChI=1S/C21H22O11/c22-8-14-16(25)17(26)18(27)20(31-14)30-12-5-11(24)6-13-15(12)19(28)21(29,32-13)7-9-1-3-10(23)4-2-9/h1-6,14,16-18,20,22-27,29H,7-8H2/t14-,16-,17+,18-,20-,21?/m0/s1. The highest BCUT2D eigenvalue weighted by Gasteiger charge is 2.50. The fourth-order valence-electron chi connectivity index (χ4n) is 3.69. The molecule has 1 unspecified atom stereocenters. The number of benzene rings is 2. The number of phenolic OH excluding ortho intramolecular Hbond substituents is 2. The van der Waals surface area contributed by atoms with Crippen molar-refractivity contribution in [2.45, 2.75) is 42.9 Å². The molecular weight excluding hydrogens is 428 g/mol. The van der Waals surface area contributed by atoms with Gasteiger partial charge in [-0.2, -0.15) is 0 Å². The first kappa shape index (κ1) is 22.3. The fourth-order valence-corrected chi connectivity index (χ4v) is 3.69. The van der Waals surface area contributed by atoms with Crippen molar-refractivity contribution < 1.29 is 54.8 Å². The van der Waals surface area contributed by atoms with Gasteiger partial charge in [-0.05, 0) is 17.7 Å². The molecule has 0 saturated carbocycles. The van der Waals surface area contributed by atoms with E-state index < -0.39 is 48.9 Å². The molecule has 172 valence electrons. The average Bonchev–Trinajstić information content (AvgIpc) is 2.99. The number of ether oxygens (including phenoxy) is 3. The largest absolute Gasteiger partial charge is 0.508 e. The summed E-state index contributed by atoms with van der Waals surface area (Å²) in [5.74, 6) is -4.10. The van der Waals surface area contributed by atoms with Crippen LogP contribution in [0.1, 0.15) is 15.9 Å². The van der Waals surface area contributed by atoms with E-state index in [9.17, 15) is 40.5 Å². The Bertz CT molecular complexity index is 1010. The number of hydrogen-bond donors (Lipinski definition) is 7. The van der Waals surface area contributed by atoms with Crippen LogP contribution in [0.15, 0.2) is 36.4 Å². The van der Waals surface area contributed by atoms with E-state index in [1.54, 1.807) is 0 Å². The highest BCUT2D eigenvalue weighted by atomic mass is 16.7. The zero-order valence-corrected chi connectivity index (χ0v) is 16.5. The number of aliphatic hydroxyl groups excluding tert-OH is 4. The van der Waals surface area contributed by atoms with Crippen molar-refractivity contribution in [2.75, 3.05) is 6.61 Å². The number of carbonyl (C=O) groups excluding carboxylic acids is 1. The van der Waals surface area contributed by atoms with Crippen LogP contribution >= 0.6 is 0 Å². The van der Waals surface area contributed by atoms with Crippen LogP contribution in [-0.2, 0) is 11.2 Å². The predicted octanol–water partition coefficient (Wildman–Crippen LogP) is -1.22. The molecule has 2 aliphatic heterocycles. The van der Waals surface area contributed by atoms with E-state index in [4.69, 9.17) is 14.2 Å². The summed E-state index contributed by atoms with van der Waals surface area (Å²) in [7, 11) is 0.